The molecular formula is C12H15N5O5S3. The molecule has 25 heavy (non-hydrogen) atoms. The van der Waals surface area contributed by atoms with Crippen LogP contribution in [0.5, 0.6) is 0 Å². The predicted octanol–water partition coefficient (Wildman–Crippen LogP) is 1.81. The third-order valence-corrected chi connectivity index (χ3v) is 3.97. The van der Waals surface area contributed by atoms with Gasteiger partial charge in [0.15, 0.2) is 4.34 Å². The zero-order valence-corrected chi connectivity index (χ0v) is 15.4. The summed E-state index contributed by atoms with van der Waals surface area (Å²) in [6.07, 6.45) is -0.698. The quantitative estimate of drug-likeness (QED) is 0.213. The molecule has 10 nitrogen and oxygen atoms in total. The van der Waals surface area contributed by atoms with E-state index in [1.54, 1.807) is 24.3 Å². The van der Waals surface area contributed by atoms with Gasteiger partial charge in [-0.1, -0.05) is 17.4 Å². The number of hydrogen-bond acceptors (Lipinski definition) is 12. The van der Waals surface area contributed by atoms with Crippen LogP contribution in [-0.2, 0) is 9.57 Å². The third-order valence-electron chi connectivity index (χ3n) is 2.33. The average Bonchev–Trinajstić information content (AvgIpc) is 2.99. The second-order valence-electron chi connectivity index (χ2n) is 4.31. The van der Waals surface area contributed by atoms with Gasteiger partial charge < -0.3 is 15.3 Å². The maximum absolute atomic E-state index is 11.6. The molecule has 0 saturated heterocycles. The van der Waals surface area contributed by atoms with E-state index in [1.165, 1.54) is 18.3 Å². The van der Waals surface area contributed by atoms with Gasteiger partial charge in [-0.25, -0.2) is 4.79 Å². The van der Waals surface area contributed by atoms with E-state index < -0.39 is 17.2 Å². The van der Waals surface area contributed by atoms with Gasteiger partial charge in [-0.3, -0.25) is 5.14 Å². The highest BCUT2D eigenvalue weighted by Crippen LogP contribution is 2.17. The molecule has 1 atom stereocenters. The Balaban J connectivity index is 0.000000324. The van der Waals surface area contributed by atoms with Crippen LogP contribution in [-0.4, -0.2) is 34.0 Å². The van der Waals surface area contributed by atoms with Crippen LogP contribution < -0.4 is 10.9 Å². The summed E-state index contributed by atoms with van der Waals surface area (Å²) in [5.41, 5.74) is 5.57. The van der Waals surface area contributed by atoms with Crippen LogP contribution in [0.1, 0.15) is 17.3 Å². The molecular weight excluding hydrogens is 390 g/mol. The van der Waals surface area contributed by atoms with Crippen LogP contribution in [0.4, 0.5) is 5.13 Å². The highest BCUT2D eigenvalue weighted by atomic mass is 32.2. The van der Waals surface area contributed by atoms with Crippen molar-refractivity contribution >= 4 is 47.0 Å². The molecule has 0 amide bonds. The van der Waals surface area contributed by atoms with Crippen LogP contribution in [0.25, 0.3) is 0 Å². The first-order valence-corrected chi connectivity index (χ1v) is 8.69. The fraction of sp³-hybridized carbons (Fsp3) is 0.250. The molecule has 0 radical (unpaired) electrons. The molecule has 1 heterocycles. The number of esters is 1. The Morgan fingerprint density at radius 2 is 2.24 bits per heavy atom. The zero-order valence-electron chi connectivity index (χ0n) is 12.9. The number of carbonyl (C=O) groups is 1. The number of thiol groups is 1. The lowest BCUT2D eigenvalue weighted by Crippen LogP contribution is -2.22. The number of hydrogen-bond donors (Lipinski definition) is 3. The van der Waals surface area contributed by atoms with Crippen LogP contribution in [0.3, 0.4) is 0 Å². The van der Waals surface area contributed by atoms with Crippen molar-refractivity contribution in [1.82, 2.24) is 10.2 Å². The van der Waals surface area contributed by atoms with Gasteiger partial charge in [0.25, 0.3) is 5.09 Å². The molecule has 0 aliphatic carbocycles. The van der Waals surface area contributed by atoms with Gasteiger partial charge in [-0.15, -0.1) is 32.9 Å². The lowest BCUT2D eigenvalue weighted by Gasteiger charge is -2.11. The van der Waals surface area contributed by atoms with Crippen LogP contribution in [0, 0.1) is 10.1 Å². The van der Waals surface area contributed by atoms with Gasteiger partial charge in [0.2, 0.25) is 5.13 Å². The van der Waals surface area contributed by atoms with Gasteiger partial charge >= 0.3 is 5.97 Å². The number of nitrogen functional groups attached to an aromatic ring is 1. The van der Waals surface area contributed by atoms with Crippen LogP contribution in [0.2, 0.25) is 0 Å². The summed E-state index contributed by atoms with van der Waals surface area (Å²) in [7, 11) is 0. The Labute approximate surface area is 156 Å². The number of nitrogens with zero attached hydrogens (tertiary/aromatic N) is 3. The summed E-state index contributed by atoms with van der Waals surface area (Å²) in [5.74, 6) is -0.569. The molecule has 4 N–H and O–H groups in total. The average molecular weight is 405 g/mol. The highest BCUT2D eigenvalue weighted by Gasteiger charge is 2.13. The van der Waals surface area contributed by atoms with Crippen molar-refractivity contribution in [3.8, 4) is 0 Å². The van der Waals surface area contributed by atoms with Crippen molar-refractivity contribution in [3.05, 3.63) is 39.9 Å². The highest BCUT2D eigenvalue weighted by molar-refractivity contribution is 7.98. The second-order valence-corrected chi connectivity index (χ2v) is 6.72. The Hall–Kier alpha value is -2.09. The first-order valence-electron chi connectivity index (χ1n) is 6.54. The van der Waals surface area contributed by atoms with Gasteiger partial charge in [-0.2, -0.15) is 0 Å². The molecule has 0 aliphatic rings. The first kappa shape index (κ1) is 21.0. The Morgan fingerprint density at radius 3 is 2.72 bits per heavy atom. The predicted molar refractivity (Wildman–Crippen MR) is 95.9 cm³/mol. The number of anilines is 1. The van der Waals surface area contributed by atoms with E-state index in [-0.39, 0.29) is 6.61 Å². The number of aromatic nitrogens is 2. The summed E-state index contributed by atoms with van der Waals surface area (Å²) in [4.78, 5) is 26.2. The molecule has 0 fully saturated rings. The number of nitrogens with two attached hydrogens (primary N) is 2. The minimum Gasteiger partial charge on any atom is -0.457 e. The van der Waals surface area contributed by atoms with Crippen LogP contribution >= 0.6 is 35.9 Å². The standard InChI is InChI=1S/C10H11NO5S.C2H4N4S2/c1-7(6-15-11(13)14)16-10(12)8-3-2-4-9(17)5-8;3-1-5-6-2(7-1)8-4/h2-5,7,17H,6H2,1H3;4H2,(H2,3,5). The van der Waals surface area contributed by atoms with Gasteiger partial charge in [-0.05, 0) is 37.1 Å². The molecule has 13 heteroatoms. The number of benzene rings is 1. The SMILES string of the molecule is CC(CO[N+](=O)[O-])OC(=O)c1cccc(S)c1.NSc1nnc(N)s1. The molecule has 0 saturated carbocycles. The van der Waals surface area contributed by atoms with E-state index in [2.05, 4.69) is 27.7 Å². The second kappa shape index (κ2) is 10.7. The number of ether oxygens (including phenoxy) is 1. The Morgan fingerprint density at radius 1 is 1.52 bits per heavy atom. The molecule has 2 rings (SSSR count). The van der Waals surface area contributed by atoms with E-state index in [0.29, 0.717) is 19.9 Å². The molecule has 1 aromatic carbocycles. The zero-order chi connectivity index (χ0) is 18.8. The maximum Gasteiger partial charge on any atom is 0.338 e. The fourth-order valence-corrected chi connectivity index (χ4v) is 2.46. The van der Waals surface area contributed by atoms with E-state index >= 15 is 0 Å². The van der Waals surface area contributed by atoms with Crippen LogP contribution in [0.15, 0.2) is 33.5 Å². The van der Waals surface area contributed by atoms with Crippen molar-refractivity contribution in [2.75, 3.05) is 12.3 Å². The normalized spacial score (nSPS) is 11.0. The van der Waals surface area contributed by atoms with E-state index in [1.807, 2.05) is 0 Å². The molecule has 136 valence electrons. The smallest absolute Gasteiger partial charge is 0.338 e. The van der Waals surface area contributed by atoms with E-state index in [0.717, 1.165) is 11.9 Å². The molecule has 1 unspecified atom stereocenters. The number of carbonyl (C=O) groups excluding carboxylic acids is 1. The molecule has 2 aromatic rings. The summed E-state index contributed by atoms with van der Waals surface area (Å²) in [6.45, 7) is 1.21. The molecule has 0 aliphatic heterocycles. The first-order chi connectivity index (χ1) is 11.8. The minimum absolute atomic E-state index is 0.292. The van der Waals surface area contributed by atoms with Gasteiger partial charge in [0.05, 0.1) is 5.56 Å². The largest absolute Gasteiger partial charge is 0.457 e. The minimum atomic E-state index is -0.932. The van der Waals surface area contributed by atoms with Crippen molar-refractivity contribution < 1.29 is 19.5 Å². The summed E-state index contributed by atoms with van der Waals surface area (Å²) >= 11 is 6.42. The summed E-state index contributed by atoms with van der Waals surface area (Å²) < 4.78 is 5.64. The third kappa shape index (κ3) is 8.53. The van der Waals surface area contributed by atoms with Crippen molar-refractivity contribution in [1.29, 1.82) is 0 Å². The van der Waals surface area contributed by atoms with Crippen molar-refractivity contribution in [3.63, 3.8) is 0 Å². The Kier molecular flexibility index (Phi) is 8.98. The monoisotopic (exact) mass is 405 g/mol. The van der Waals surface area contributed by atoms with E-state index in [9.17, 15) is 14.9 Å². The van der Waals surface area contributed by atoms with Gasteiger partial charge in [0.1, 0.15) is 12.7 Å². The maximum atomic E-state index is 11.6. The topological polar surface area (TPSA) is 156 Å². The number of rotatable bonds is 6. The molecule has 0 spiro atoms. The molecule has 0 bridgehead atoms. The van der Waals surface area contributed by atoms with Crippen molar-refractivity contribution in [2.24, 2.45) is 5.14 Å². The molecule has 1 aromatic heterocycles. The summed E-state index contributed by atoms with van der Waals surface area (Å²) in [5, 5.41) is 21.7. The van der Waals surface area contributed by atoms with Gasteiger partial charge in [0, 0.05) is 4.90 Å². The lowest BCUT2D eigenvalue weighted by molar-refractivity contribution is -0.759. The fourth-order valence-electron chi connectivity index (χ4n) is 1.35. The Bertz CT molecular complexity index is 714. The lowest BCUT2D eigenvalue weighted by atomic mass is 10.2. The summed E-state index contributed by atoms with van der Waals surface area (Å²) in [6, 6.07) is 6.51. The van der Waals surface area contributed by atoms with Crippen molar-refractivity contribution in [2.45, 2.75) is 22.3 Å². The van der Waals surface area contributed by atoms with E-state index in [4.69, 9.17) is 15.6 Å².